The fourth-order valence-corrected chi connectivity index (χ4v) is 2.66. The Kier molecular flexibility index (Phi) is 7.53. The van der Waals surface area contributed by atoms with E-state index in [1.807, 2.05) is 0 Å². The zero-order chi connectivity index (χ0) is 22.3. The molecule has 0 saturated heterocycles. The van der Waals surface area contributed by atoms with E-state index in [1.54, 1.807) is 12.1 Å². The molecular formula is C19H21N3O8. The molecule has 2 aromatic carbocycles. The number of rotatable bonds is 9. The van der Waals surface area contributed by atoms with Crippen LogP contribution in [-0.4, -0.2) is 51.8 Å². The van der Waals surface area contributed by atoms with Gasteiger partial charge in [0.15, 0.2) is 5.75 Å². The summed E-state index contributed by atoms with van der Waals surface area (Å²) >= 11 is 0. The van der Waals surface area contributed by atoms with E-state index in [9.17, 15) is 19.7 Å². The molecule has 0 atom stereocenters. The molecule has 11 nitrogen and oxygen atoms in total. The summed E-state index contributed by atoms with van der Waals surface area (Å²) in [6.07, 6.45) is 0. The van der Waals surface area contributed by atoms with Crippen molar-refractivity contribution in [2.45, 2.75) is 0 Å². The van der Waals surface area contributed by atoms with Gasteiger partial charge in [-0.15, -0.1) is 0 Å². The number of carbonyl (C=O) groups is 2. The van der Waals surface area contributed by atoms with Crippen molar-refractivity contribution in [3.63, 3.8) is 0 Å². The van der Waals surface area contributed by atoms with Crippen molar-refractivity contribution in [1.82, 2.24) is 0 Å². The molecule has 0 unspecified atom stereocenters. The molecule has 0 bridgehead atoms. The molecule has 0 aliphatic heterocycles. The lowest BCUT2D eigenvalue weighted by atomic mass is 10.1. The van der Waals surface area contributed by atoms with E-state index in [0.29, 0.717) is 11.4 Å². The molecular weight excluding hydrogens is 398 g/mol. The molecule has 2 amide bonds. The molecule has 30 heavy (non-hydrogen) atoms. The Morgan fingerprint density at radius 3 is 1.97 bits per heavy atom. The van der Waals surface area contributed by atoms with Crippen LogP contribution < -0.4 is 24.8 Å². The minimum Gasteiger partial charge on any atom is -0.493 e. The van der Waals surface area contributed by atoms with Gasteiger partial charge >= 0.3 is 5.69 Å². The molecule has 0 aliphatic rings. The van der Waals surface area contributed by atoms with Gasteiger partial charge in [-0.05, 0) is 24.3 Å². The zero-order valence-corrected chi connectivity index (χ0v) is 16.8. The molecule has 0 saturated carbocycles. The van der Waals surface area contributed by atoms with E-state index < -0.39 is 16.5 Å². The summed E-state index contributed by atoms with van der Waals surface area (Å²) in [6.45, 7) is -0.0940. The monoisotopic (exact) mass is 419 g/mol. The van der Waals surface area contributed by atoms with Crippen LogP contribution in [-0.2, 0) is 9.53 Å². The quantitative estimate of drug-likeness (QED) is 0.467. The maximum atomic E-state index is 12.8. The van der Waals surface area contributed by atoms with Crippen LogP contribution in [0.25, 0.3) is 0 Å². The molecule has 2 rings (SSSR count). The van der Waals surface area contributed by atoms with E-state index in [2.05, 4.69) is 10.6 Å². The third kappa shape index (κ3) is 4.94. The first-order valence-electron chi connectivity index (χ1n) is 8.53. The standard InChI is InChI=1S/C19H21N3O8/c1-27-10-15(23)20-11-5-7-12(8-6-11)21-19(24)13-9-14(28-2)17(29-3)18(30-4)16(13)22(25)26/h5-9H,10H2,1-4H3,(H,20,23)(H,21,24). The Labute approximate surface area is 172 Å². The lowest BCUT2D eigenvalue weighted by Crippen LogP contribution is -2.17. The Balaban J connectivity index is 2.34. The maximum absolute atomic E-state index is 12.8. The number of hydrogen-bond donors (Lipinski definition) is 2. The van der Waals surface area contributed by atoms with Crippen LogP contribution >= 0.6 is 0 Å². The number of amides is 2. The predicted octanol–water partition coefficient (Wildman–Crippen LogP) is 2.46. The van der Waals surface area contributed by atoms with Crippen molar-refractivity contribution in [2.75, 3.05) is 45.7 Å². The van der Waals surface area contributed by atoms with Crippen LogP contribution in [0.4, 0.5) is 17.1 Å². The normalized spacial score (nSPS) is 10.1. The number of carbonyl (C=O) groups excluding carboxylic acids is 2. The second-order valence-electron chi connectivity index (χ2n) is 5.81. The van der Waals surface area contributed by atoms with Gasteiger partial charge in [0.2, 0.25) is 17.4 Å². The summed E-state index contributed by atoms with van der Waals surface area (Å²) in [5.74, 6) is -1.22. The number of nitrogens with zero attached hydrogens (tertiary/aromatic N) is 1. The zero-order valence-electron chi connectivity index (χ0n) is 16.8. The van der Waals surface area contributed by atoms with Crippen molar-refractivity contribution in [2.24, 2.45) is 0 Å². The van der Waals surface area contributed by atoms with Gasteiger partial charge in [-0.3, -0.25) is 19.7 Å². The van der Waals surface area contributed by atoms with E-state index >= 15 is 0 Å². The van der Waals surface area contributed by atoms with Gasteiger partial charge in [0.1, 0.15) is 12.2 Å². The summed E-state index contributed by atoms with van der Waals surface area (Å²) in [4.78, 5) is 35.2. The van der Waals surface area contributed by atoms with Gasteiger partial charge in [-0.1, -0.05) is 0 Å². The molecule has 0 fully saturated rings. The third-order valence-electron chi connectivity index (χ3n) is 3.93. The number of benzene rings is 2. The second kappa shape index (κ2) is 10.1. The van der Waals surface area contributed by atoms with E-state index in [1.165, 1.54) is 46.6 Å². The molecule has 0 aromatic heterocycles. The highest BCUT2D eigenvalue weighted by atomic mass is 16.6. The number of nitro groups is 1. The fourth-order valence-electron chi connectivity index (χ4n) is 2.66. The fraction of sp³-hybridized carbons (Fsp3) is 0.263. The second-order valence-corrected chi connectivity index (χ2v) is 5.81. The molecule has 0 aliphatic carbocycles. The Hall–Kier alpha value is -3.86. The lowest BCUT2D eigenvalue weighted by molar-refractivity contribution is -0.386. The predicted molar refractivity (Wildman–Crippen MR) is 108 cm³/mol. The molecule has 0 heterocycles. The van der Waals surface area contributed by atoms with Gasteiger partial charge in [-0.2, -0.15) is 0 Å². The van der Waals surface area contributed by atoms with Crippen LogP contribution in [0.1, 0.15) is 10.4 Å². The highest BCUT2D eigenvalue weighted by Crippen LogP contribution is 2.46. The number of hydrogen-bond acceptors (Lipinski definition) is 8. The Morgan fingerprint density at radius 2 is 1.50 bits per heavy atom. The number of ether oxygens (including phenoxy) is 4. The van der Waals surface area contributed by atoms with Crippen molar-refractivity contribution in [3.05, 3.63) is 46.0 Å². The lowest BCUT2D eigenvalue weighted by Gasteiger charge is -2.15. The van der Waals surface area contributed by atoms with Crippen LogP contribution in [0.15, 0.2) is 30.3 Å². The summed E-state index contributed by atoms with van der Waals surface area (Å²) < 4.78 is 20.1. The molecule has 2 aromatic rings. The average molecular weight is 419 g/mol. The summed E-state index contributed by atoms with van der Waals surface area (Å²) in [5.41, 5.74) is 0.0182. The largest absolute Gasteiger partial charge is 0.493 e. The van der Waals surface area contributed by atoms with Crippen molar-refractivity contribution < 1.29 is 33.5 Å². The summed E-state index contributed by atoms with van der Waals surface area (Å²) in [7, 11) is 5.27. The molecule has 0 spiro atoms. The highest BCUT2D eigenvalue weighted by molar-refractivity contribution is 6.08. The SMILES string of the molecule is COCC(=O)Nc1ccc(NC(=O)c2cc(OC)c(OC)c(OC)c2[N+](=O)[O-])cc1. The van der Waals surface area contributed by atoms with Crippen LogP contribution in [0.5, 0.6) is 17.2 Å². The van der Waals surface area contributed by atoms with E-state index in [-0.39, 0.29) is 35.3 Å². The van der Waals surface area contributed by atoms with Gasteiger partial charge in [-0.25, -0.2) is 0 Å². The van der Waals surface area contributed by atoms with Crippen LogP contribution in [0.3, 0.4) is 0 Å². The first-order chi connectivity index (χ1) is 14.4. The van der Waals surface area contributed by atoms with Crippen LogP contribution in [0.2, 0.25) is 0 Å². The minimum atomic E-state index is -0.753. The Bertz CT molecular complexity index is 944. The minimum absolute atomic E-state index is 0.000552. The van der Waals surface area contributed by atoms with E-state index in [4.69, 9.17) is 18.9 Å². The van der Waals surface area contributed by atoms with E-state index in [0.717, 1.165) is 0 Å². The summed E-state index contributed by atoms with van der Waals surface area (Å²) in [6, 6.07) is 7.39. The number of nitrogens with one attached hydrogen (secondary N) is 2. The van der Waals surface area contributed by atoms with Gasteiger partial charge < -0.3 is 29.6 Å². The molecule has 2 N–H and O–H groups in total. The molecule has 11 heteroatoms. The highest BCUT2D eigenvalue weighted by Gasteiger charge is 2.32. The molecule has 0 radical (unpaired) electrons. The average Bonchev–Trinajstić information content (AvgIpc) is 2.73. The number of methoxy groups -OCH3 is 4. The van der Waals surface area contributed by atoms with Gasteiger partial charge in [0, 0.05) is 24.6 Å². The van der Waals surface area contributed by atoms with Crippen LogP contribution in [0, 0.1) is 10.1 Å². The van der Waals surface area contributed by atoms with Crippen molar-refractivity contribution in [1.29, 1.82) is 0 Å². The smallest absolute Gasteiger partial charge is 0.327 e. The molecule has 160 valence electrons. The first kappa shape index (κ1) is 22.4. The topological polar surface area (TPSA) is 138 Å². The van der Waals surface area contributed by atoms with Gasteiger partial charge in [0.05, 0.1) is 26.3 Å². The Morgan fingerprint density at radius 1 is 0.933 bits per heavy atom. The number of anilines is 2. The maximum Gasteiger partial charge on any atom is 0.327 e. The van der Waals surface area contributed by atoms with Crippen molar-refractivity contribution in [3.8, 4) is 17.2 Å². The van der Waals surface area contributed by atoms with Crippen molar-refractivity contribution >= 4 is 28.9 Å². The van der Waals surface area contributed by atoms with Gasteiger partial charge in [0.25, 0.3) is 5.91 Å². The number of nitro benzene ring substituents is 1. The first-order valence-corrected chi connectivity index (χ1v) is 8.53. The third-order valence-corrected chi connectivity index (χ3v) is 3.93. The summed E-state index contributed by atoms with van der Waals surface area (Å²) in [5, 5.41) is 16.8.